The van der Waals surface area contributed by atoms with E-state index in [0.29, 0.717) is 0 Å². The van der Waals surface area contributed by atoms with Crippen molar-refractivity contribution in [3.8, 4) is 5.75 Å². The van der Waals surface area contributed by atoms with Crippen LogP contribution in [-0.4, -0.2) is 12.1 Å². The van der Waals surface area contributed by atoms with E-state index in [2.05, 4.69) is 4.98 Å². The number of nitrogens with zero attached hydrogens (tertiary/aromatic N) is 1. The molecular formula is C8H9ClF2N2O. The molecule has 1 aromatic heterocycles. The summed E-state index contributed by atoms with van der Waals surface area (Å²) in [6.07, 6.45) is -2.66. The van der Waals surface area contributed by atoms with Crippen LogP contribution in [0.3, 0.4) is 0 Å². The molecule has 0 saturated heterocycles. The van der Waals surface area contributed by atoms with E-state index in [1.165, 1.54) is 7.11 Å². The number of methoxy groups -OCH3 is 1. The van der Waals surface area contributed by atoms with Gasteiger partial charge in [-0.2, -0.15) is 0 Å². The summed E-state index contributed by atoms with van der Waals surface area (Å²) >= 11 is 5.52. The fourth-order valence-electron chi connectivity index (χ4n) is 1.07. The molecule has 14 heavy (non-hydrogen) atoms. The van der Waals surface area contributed by atoms with Crippen LogP contribution in [-0.2, 0) is 5.88 Å². The van der Waals surface area contributed by atoms with Gasteiger partial charge < -0.3 is 10.5 Å². The molecule has 1 heterocycles. The van der Waals surface area contributed by atoms with E-state index >= 15 is 0 Å². The smallest absolute Gasteiger partial charge is 0.280 e. The van der Waals surface area contributed by atoms with Crippen LogP contribution >= 0.6 is 11.6 Å². The van der Waals surface area contributed by atoms with Crippen LogP contribution in [0, 0.1) is 0 Å². The third-order valence-electron chi connectivity index (χ3n) is 1.65. The molecule has 0 unspecified atom stereocenters. The minimum Gasteiger partial charge on any atom is -0.493 e. The van der Waals surface area contributed by atoms with Gasteiger partial charge in [0.15, 0.2) is 5.75 Å². The first-order valence-corrected chi connectivity index (χ1v) is 4.31. The number of nitrogens with two attached hydrogens (primary N) is 1. The zero-order valence-electron chi connectivity index (χ0n) is 7.43. The van der Waals surface area contributed by atoms with E-state index in [4.69, 9.17) is 22.1 Å². The normalized spacial score (nSPS) is 10.6. The standard InChI is InChI=1S/C8H9ClF2N2O/c1-14-7-4(12)2-5(8(10)11)13-6(7)3-9/h2,8H,3H2,1H3,(H2,12,13). The van der Waals surface area contributed by atoms with Crippen molar-refractivity contribution in [2.75, 3.05) is 12.8 Å². The molecule has 0 aliphatic carbocycles. The van der Waals surface area contributed by atoms with Gasteiger partial charge in [-0.25, -0.2) is 13.8 Å². The summed E-state index contributed by atoms with van der Waals surface area (Å²) in [5.41, 5.74) is 5.44. The van der Waals surface area contributed by atoms with E-state index in [0.717, 1.165) is 6.07 Å². The van der Waals surface area contributed by atoms with E-state index in [1.807, 2.05) is 0 Å². The van der Waals surface area contributed by atoms with Crippen LogP contribution in [0.5, 0.6) is 5.75 Å². The molecule has 0 saturated carbocycles. The monoisotopic (exact) mass is 222 g/mol. The van der Waals surface area contributed by atoms with Crippen molar-refractivity contribution < 1.29 is 13.5 Å². The Hall–Kier alpha value is -1.10. The maximum Gasteiger partial charge on any atom is 0.280 e. The second-order valence-electron chi connectivity index (χ2n) is 2.55. The molecule has 0 aromatic carbocycles. The second-order valence-corrected chi connectivity index (χ2v) is 2.82. The molecule has 0 radical (unpaired) electrons. The summed E-state index contributed by atoms with van der Waals surface area (Å²) in [5.74, 6) is 0.234. The highest BCUT2D eigenvalue weighted by Gasteiger charge is 2.15. The summed E-state index contributed by atoms with van der Waals surface area (Å²) in [4.78, 5) is 3.64. The van der Waals surface area contributed by atoms with E-state index in [-0.39, 0.29) is 28.7 Å². The van der Waals surface area contributed by atoms with E-state index in [1.54, 1.807) is 0 Å². The van der Waals surface area contributed by atoms with Crippen molar-refractivity contribution in [3.05, 3.63) is 17.5 Å². The lowest BCUT2D eigenvalue weighted by molar-refractivity contribution is 0.146. The average Bonchev–Trinajstić information content (AvgIpc) is 2.16. The first-order chi connectivity index (χ1) is 6.60. The predicted molar refractivity (Wildman–Crippen MR) is 49.7 cm³/mol. The van der Waals surface area contributed by atoms with E-state index in [9.17, 15) is 8.78 Å². The average molecular weight is 223 g/mol. The number of nitrogen functional groups attached to an aromatic ring is 1. The van der Waals surface area contributed by atoms with Crippen molar-refractivity contribution in [1.29, 1.82) is 0 Å². The molecule has 0 atom stereocenters. The third-order valence-corrected chi connectivity index (χ3v) is 1.90. The maximum atomic E-state index is 12.3. The van der Waals surface area contributed by atoms with Gasteiger partial charge >= 0.3 is 0 Å². The van der Waals surface area contributed by atoms with Crippen molar-refractivity contribution >= 4 is 17.3 Å². The number of anilines is 1. The molecule has 1 aromatic rings. The SMILES string of the molecule is COc1c(N)cc(C(F)F)nc1CCl. The highest BCUT2D eigenvalue weighted by atomic mass is 35.5. The topological polar surface area (TPSA) is 48.1 Å². The molecular weight excluding hydrogens is 214 g/mol. The fourth-order valence-corrected chi connectivity index (χ4v) is 1.25. The number of ether oxygens (including phenoxy) is 1. The third kappa shape index (κ3) is 2.04. The highest BCUT2D eigenvalue weighted by Crippen LogP contribution is 2.30. The molecule has 2 N–H and O–H groups in total. The molecule has 0 bridgehead atoms. The summed E-state index contributed by atoms with van der Waals surface area (Å²) in [6.45, 7) is 0. The Morgan fingerprint density at radius 1 is 1.64 bits per heavy atom. The fraction of sp³-hybridized carbons (Fsp3) is 0.375. The summed E-state index contributed by atoms with van der Waals surface area (Å²) in [5, 5.41) is 0. The minimum atomic E-state index is -2.66. The number of pyridine rings is 1. The van der Waals surface area contributed by atoms with Gasteiger partial charge in [0, 0.05) is 0 Å². The first kappa shape index (κ1) is 11.0. The summed E-state index contributed by atoms with van der Waals surface area (Å²) in [6, 6.07) is 1.08. The van der Waals surface area contributed by atoms with E-state index < -0.39 is 6.43 Å². The second kappa shape index (κ2) is 4.41. The Balaban J connectivity index is 3.24. The van der Waals surface area contributed by atoms with Crippen LogP contribution in [0.2, 0.25) is 0 Å². The lowest BCUT2D eigenvalue weighted by Crippen LogP contribution is -2.02. The zero-order valence-corrected chi connectivity index (χ0v) is 8.18. The Labute approximate surface area is 84.8 Å². The van der Waals surface area contributed by atoms with Gasteiger partial charge in [-0.15, -0.1) is 11.6 Å². The lowest BCUT2D eigenvalue weighted by atomic mass is 10.2. The summed E-state index contributed by atoms with van der Waals surface area (Å²) < 4.78 is 29.5. The van der Waals surface area contributed by atoms with Gasteiger partial charge in [0.05, 0.1) is 24.4 Å². The molecule has 1 rings (SSSR count). The Morgan fingerprint density at radius 3 is 2.71 bits per heavy atom. The van der Waals surface area contributed by atoms with Crippen LogP contribution in [0.15, 0.2) is 6.07 Å². The maximum absolute atomic E-state index is 12.3. The van der Waals surface area contributed by atoms with Gasteiger partial charge in [-0.3, -0.25) is 0 Å². The zero-order chi connectivity index (χ0) is 10.7. The molecule has 0 amide bonds. The molecule has 78 valence electrons. The number of alkyl halides is 3. The van der Waals surface area contributed by atoms with Crippen molar-refractivity contribution in [3.63, 3.8) is 0 Å². The minimum absolute atomic E-state index is 0.0199. The van der Waals surface area contributed by atoms with Crippen molar-refractivity contribution in [1.82, 2.24) is 4.98 Å². The van der Waals surface area contributed by atoms with Gasteiger partial charge in [0.1, 0.15) is 5.69 Å². The van der Waals surface area contributed by atoms with Gasteiger partial charge in [0.25, 0.3) is 6.43 Å². The highest BCUT2D eigenvalue weighted by molar-refractivity contribution is 6.17. The van der Waals surface area contributed by atoms with Gasteiger partial charge in [0.2, 0.25) is 0 Å². The number of aromatic nitrogens is 1. The van der Waals surface area contributed by atoms with Gasteiger partial charge in [-0.05, 0) is 6.07 Å². The predicted octanol–water partition coefficient (Wildman–Crippen LogP) is 2.35. The molecule has 0 fully saturated rings. The number of halogens is 3. The van der Waals surface area contributed by atoms with Crippen LogP contribution in [0.1, 0.15) is 17.8 Å². The van der Waals surface area contributed by atoms with Crippen molar-refractivity contribution in [2.45, 2.75) is 12.3 Å². The molecule has 3 nitrogen and oxygen atoms in total. The number of hydrogen-bond donors (Lipinski definition) is 1. The van der Waals surface area contributed by atoms with Crippen LogP contribution in [0.25, 0.3) is 0 Å². The van der Waals surface area contributed by atoms with Crippen LogP contribution in [0.4, 0.5) is 14.5 Å². The number of hydrogen-bond acceptors (Lipinski definition) is 3. The first-order valence-electron chi connectivity index (χ1n) is 3.77. The Kier molecular flexibility index (Phi) is 3.46. The Bertz CT molecular complexity index is 333. The molecule has 6 heteroatoms. The van der Waals surface area contributed by atoms with Crippen LogP contribution < -0.4 is 10.5 Å². The largest absolute Gasteiger partial charge is 0.493 e. The lowest BCUT2D eigenvalue weighted by Gasteiger charge is -2.10. The summed E-state index contributed by atoms with van der Waals surface area (Å²) in [7, 11) is 1.38. The molecule has 0 aliphatic rings. The molecule has 0 aliphatic heterocycles. The quantitative estimate of drug-likeness (QED) is 0.799. The Morgan fingerprint density at radius 2 is 2.29 bits per heavy atom. The van der Waals surface area contributed by atoms with Crippen molar-refractivity contribution in [2.24, 2.45) is 0 Å². The number of rotatable bonds is 3. The van der Waals surface area contributed by atoms with Gasteiger partial charge in [-0.1, -0.05) is 0 Å². The molecule has 0 spiro atoms.